The molecule has 0 saturated heterocycles. The summed E-state index contributed by atoms with van der Waals surface area (Å²) in [5, 5.41) is 3.15. The standard InChI is InChI=1S/C15H14BrNOS/c1-8-3-4-19-15(8)13(17)12-7-10-6-11(16)5-9(2)14(10)18-12/h3-7,13H,17H2,1-2H3. The Labute approximate surface area is 124 Å². The molecule has 2 aromatic heterocycles. The van der Waals surface area contributed by atoms with Crippen LogP contribution in [0.2, 0.25) is 0 Å². The fourth-order valence-corrected chi connectivity index (χ4v) is 3.81. The first kappa shape index (κ1) is 12.9. The van der Waals surface area contributed by atoms with Crippen LogP contribution in [0.1, 0.15) is 27.8 Å². The second-order valence-corrected chi connectivity index (χ2v) is 6.60. The van der Waals surface area contributed by atoms with E-state index in [0.29, 0.717) is 0 Å². The molecule has 1 aromatic carbocycles. The third-order valence-electron chi connectivity index (χ3n) is 3.28. The molecule has 0 aliphatic rings. The molecule has 1 unspecified atom stereocenters. The van der Waals surface area contributed by atoms with Crippen molar-refractivity contribution in [3.8, 4) is 0 Å². The number of rotatable bonds is 2. The van der Waals surface area contributed by atoms with E-state index in [4.69, 9.17) is 10.2 Å². The molecule has 0 saturated carbocycles. The maximum absolute atomic E-state index is 6.32. The van der Waals surface area contributed by atoms with Crippen molar-refractivity contribution in [1.29, 1.82) is 0 Å². The second-order valence-electron chi connectivity index (χ2n) is 4.74. The van der Waals surface area contributed by atoms with E-state index in [1.54, 1.807) is 11.3 Å². The van der Waals surface area contributed by atoms with Crippen LogP contribution in [0.5, 0.6) is 0 Å². The summed E-state index contributed by atoms with van der Waals surface area (Å²) in [5.41, 5.74) is 9.57. The lowest BCUT2D eigenvalue weighted by Gasteiger charge is -2.07. The largest absolute Gasteiger partial charge is 0.459 e. The summed E-state index contributed by atoms with van der Waals surface area (Å²) in [4.78, 5) is 1.16. The third-order valence-corrected chi connectivity index (χ3v) is 4.84. The number of thiophene rings is 1. The average molecular weight is 336 g/mol. The van der Waals surface area contributed by atoms with Crippen molar-refractivity contribution in [2.75, 3.05) is 0 Å². The van der Waals surface area contributed by atoms with Gasteiger partial charge >= 0.3 is 0 Å². The summed E-state index contributed by atoms with van der Waals surface area (Å²) >= 11 is 5.18. The van der Waals surface area contributed by atoms with Gasteiger partial charge in [0, 0.05) is 14.7 Å². The minimum atomic E-state index is -0.189. The fraction of sp³-hybridized carbons (Fsp3) is 0.200. The Kier molecular flexibility index (Phi) is 3.25. The smallest absolute Gasteiger partial charge is 0.137 e. The van der Waals surface area contributed by atoms with E-state index in [1.165, 1.54) is 5.56 Å². The highest BCUT2D eigenvalue weighted by Gasteiger charge is 2.18. The topological polar surface area (TPSA) is 39.2 Å². The molecule has 0 radical (unpaired) electrons. The van der Waals surface area contributed by atoms with Gasteiger partial charge in [0.2, 0.25) is 0 Å². The summed E-state index contributed by atoms with van der Waals surface area (Å²) in [7, 11) is 0. The molecule has 3 rings (SSSR count). The maximum atomic E-state index is 6.32. The lowest BCUT2D eigenvalue weighted by molar-refractivity contribution is 0.525. The van der Waals surface area contributed by atoms with Crippen molar-refractivity contribution in [3.05, 3.63) is 55.9 Å². The van der Waals surface area contributed by atoms with Crippen molar-refractivity contribution in [2.24, 2.45) is 5.73 Å². The molecular weight excluding hydrogens is 322 g/mol. The zero-order valence-electron chi connectivity index (χ0n) is 10.7. The highest BCUT2D eigenvalue weighted by molar-refractivity contribution is 9.10. The van der Waals surface area contributed by atoms with Gasteiger partial charge in [0.05, 0.1) is 6.04 Å². The maximum Gasteiger partial charge on any atom is 0.137 e. The normalized spacial score (nSPS) is 13.1. The molecule has 98 valence electrons. The van der Waals surface area contributed by atoms with Gasteiger partial charge in [-0.15, -0.1) is 11.3 Å². The molecule has 0 aliphatic carbocycles. The number of aryl methyl sites for hydroxylation is 2. The number of furan rings is 1. The number of halogens is 1. The molecule has 1 atom stereocenters. The van der Waals surface area contributed by atoms with Crippen LogP contribution in [0.25, 0.3) is 11.0 Å². The predicted octanol–water partition coefficient (Wildman–Crippen LogP) is 4.92. The van der Waals surface area contributed by atoms with Gasteiger partial charge < -0.3 is 10.2 Å². The zero-order valence-corrected chi connectivity index (χ0v) is 13.1. The van der Waals surface area contributed by atoms with Crippen molar-refractivity contribution in [2.45, 2.75) is 19.9 Å². The minimum Gasteiger partial charge on any atom is -0.459 e. The molecular formula is C15H14BrNOS. The molecule has 0 aliphatic heterocycles. The van der Waals surface area contributed by atoms with Gasteiger partial charge in [-0.1, -0.05) is 15.9 Å². The van der Waals surface area contributed by atoms with E-state index in [0.717, 1.165) is 31.6 Å². The molecule has 2 N–H and O–H groups in total. The Morgan fingerprint density at radius 1 is 1.21 bits per heavy atom. The Bertz CT molecular complexity index is 744. The summed E-state index contributed by atoms with van der Waals surface area (Å²) in [6.07, 6.45) is 0. The van der Waals surface area contributed by atoms with Crippen LogP contribution < -0.4 is 5.73 Å². The fourth-order valence-electron chi connectivity index (χ4n) is 2.29. The number of hydrogen-bond acceptors (Lipinski definition) is 3. The van der Waals surface area contributed by atoms with Gasteiger partial charge in [-0.05, 0) is 54.6 Å². The van der Waals surface area contributed by atoms with Gasteiger partial charge in [-0.2, -0.15) is 0 Å². The molecule has 0 spiro atoms. The van der Waals surface area contributed by atoms with E-state index in [-0.39, 0.29) is 6.04 Å². The number of benzene rings is 1. The van der Waals surface area contributed by atoms with Gasteiger partial charge in [-0.25, -0.2) is 0 Å². The van der Waals surface area contributed by atoms with Gasteiger partial charge in [0.1, 0.15) is 11.3 Å². The highest BCUT2D eigenvalue weighted by Crippen LogP contribution is 2.33. The van der Waals surface area contributed by atoms with Crippen molar-refractivity contribution in [3.63, 3.8) is 0 Å². The van der Waals surface area contributed by atoms with Gasteiger partial charge in [-0.3, -0.25) is 0 Å². The van der Waals surface area contributed by atoms with Crippen LogP contribution in [0.3, 0.4) is 0 Å². The van der Waals surface area contributed by atoms with E-state index in [1.807, 2.05) is 13.0 Å². The molecule has 3 aromatic rings. The number of hydrogen-bond donors (Lipinski definition) is 1. The highest BCUT2D eigenvalue weighted by atomic mass is 79.9. The van der Waals surface area contributed by atoms with Crippen LogP contribution in [-0.4, -0.2) is 0 Å². The molecule has 0 amide bonds. The van der Waals surface area contributed by atoms with E-state index in [9.17, 15) is 0 Å². The van der Waals surface area contributed by atoms with Gasteiger partial charge in [0.25, 0.3) is 0 Å². The minimum absolute atomic E-state index is 0.189. The second kappa shape index (κ2) is 4.78. The van der Waals surface area contributed by atoms with Gasteiger partial charge in [0.15, 0.2) is 0 Å². The summed E-state index contributed by atoms with van der Waals surface area (Å²) < 4.78 is 7.02. The Balaban J connectivity index is 2.11. The summed E-state index contributed by atoms with van der Waals surface area (Å²) in [5.74, 6) is 0.821. The molecule has 2 heterocycles. The first-order chi connectivity index (χ1) is 9.06. The lowest BCUT2D eigenvalue weighted by atomic mass is 10.1. The van der Waals surface area contributed by atoms with Crippen LogP contribution in [0.15, 0.2) is 38.5 Å². The Hall–Kier alpha value is -1.10. The van der Waals surface area contributed by atoms with Crippen LogP contribution in [0.4, 0.5) is 0 Å². The summed E-state index contributed by atoms with van der Waals surface area (Å²) in [6.45, 7) is 4.12. The van der Waals surface area contributed by atoms with Crippen molar-refractivity contribution >= 4 is 38.2 Å². The number of fused-ring (bicyclic) bond motifs is 1. The number of nitrogens with two attached hydrogens (primary N) is 1. The predicted molar refractivity (Wildman–Crippen MR) is 83.7 cm³/mol. The van der Waals surface area contributed by atoms with Crippen molar-refractivity contribution in [1.82, 2.24) is 0 Å². The molecule has 4 heteroatoms. The third kappa shape index (κ3) is 2.24. The monoisotopic (exact) mass is 335 g/mol. The molecule has 0 bridgehead atoms. The Morgan fingerprint density at radius 2 is 2.00 bits per heavy atom. The Morgan fingerprint density at radius 3 is 2.68 bits per heavy atom. The van der Waals surface area contributed by atoms with Crippen LogP contribution in [-0.2, 0) is 0 Å². The van der Waals surface area contributed by atoms with E-state index >= 15 is 0 Å². The van der Waals surface area contributed by atoms with E-state index in [2.05, 4.69) is 46.4 Å². The first-order valence-electron chi connectivity index (χ1n) is 6.05. The zero-order chi connectivity index (χ0) is 13.6. The quantitative estimate of drug-likeness (QED) is 0.721. The molecule has 19 heavy (non-hydrogen) atoms. The lowest BCUT2D eigenvalue weighted by Crippen LogP contribution is -2.10. The first-order valence-corrected chi connectivity index (χ1v) is 7.72. The van der Waals surface area contributed by atoms with Crippen molar-refractivity contribution < 1.29 is 4.42 Å². The molecule has 0 fully saturated rings. The van der Waals surface area contributed by atoms with Crippen LogP contribution >= 0.6 is 27.3 Å². The molecule has 2 nitrogen and oxygen atoms in total. The average Bonchev–Trinajstić information content (AvgIpc) is 2.94. The SMILES string of the molecule is Cc1ccsc1C(N)c1cc2cc(Br)cc(C)c2o1. The summed E-state index contributed by atoms with van der Waals surface area (Å²) in [6, 6.07) is 8.05. The van der Waals surface area contributed by atoms with Crippen LogP contribution in [0, 0.1) is 13.8 Å². The van der Waals surface area contributed by atoms with E-state index < -0.39 is 0 Å².